The van der Waals surface area contributed by atoms with Gasteiger partial charge in [-0.05, 0) is 24.3 Å². The molecule has 0 bridgehead atoms. The van der Waals surface area contributed by atoms with Gasteiger partial charge in [0.25, 0.3) is 5.91 Å². The molecule has 0 radical (unpaired) electrons. The van der Waals surface area contributed by atoms with Crippen LogP contribution >= 0.6 is 0 Å². The minimum absolute atomic E-state index is 0.118. The second-order valence-electron chi connectivity index (χ2n) is 5.62. The highest BCUT2D eigenvalue weighted by molar-refractivity contribution is 5.99. The highest BCUT2D eigenvalue weighted by Gasteiger charge is 2.27. The van der Waals surface area contributed by atoms with Crippen molar-refractivity contribution < 1.29 is 4.79 Å². The summed E-state index contributed by atoms with van der Waals surface area (Å²) in [6.45, 7) is 2.96. The van der Waals surface area contributed by atoms with Gasteiger partial charge >= 0.3 is 0 Å². The van der Waals surface area contributed by atoms with Crippen molar-refractivity contribution in [3.8, 4) is 0 Å². The first-order valence-corrected chi connectivity index (χ1v) is 6.83. The molecule has 5 heteroatoms. The Bertz CT molecular complexity index is 441. The largest absolute Gasteiger partial charge is 0.351 e. The number of hydrogen-bond donors (Lipinski definition) is 3. The van der Waals surface area contributed by atoms with Gasteiger partial charge in [0.2, 0.25) is 0 Å². The summed E-state index contributed by atoms with van der Waals surface area (Å²) in [5.41, 5.74) is 3.84. The molecule has 5 nitrogen and oxygen atoms in total. The van der Waals surface area contributed by atoms with Gasteiger partial charge in [-0.2, -0.15) is 0 Å². The Kier molecular flexibility index (Phi) is 4.37. The Balaban J connectivity index is 1.97. The summed E-state index contributed by atoms with van der Waals surface area (Å²) in [5.74, 6) is 5.28. The molecule has 0 spiro atoms. The third kappa shape index (κ3) is 3.44. The zero-order valence-corrected chi connectivity index (χ0v) is 11.4. The number of anilines is 1. The number of pyridine rings is 1. The number of hydrogen-bond acceptors (Lipinski definition) is 4. The number of amides is 1. The van der Waals surface area contributed by atoms with E-state index >= 15 is 0 Å². The van der Waals surface area contributed by atoms with Crippen molar-refractivity contribution in [3.05, 3.63) is 24.0 Å². The fraction of sp³-hybridized carbons (Fsp3) is 0.571. The summed E-state index contributed by atoms with van der Waals surface area (Å²) in [5, 5.41) is 3.01. The van der Waals surface area contributed by atoms with E-state index in [1.807, 2.05) is 0 Å². The Morgan fingerprint density at radius 2 is 2.16 bits per heavy atom. The van der Waals surface area contributed by atoms with Crippen LogP contribution in [0.2, 0.25) is 0 Å². The van der Waals surface area contributed by atoms with Gasteiger partial charge in [-0.1, -0.05) is 26.2 Å². The molecule has 1 amide bonds. The lowest BCUT2D eigenvalue weighted by molar-refractivity contribution is 0.0919. The molecule has 19 heavy (non-hydrogen) atoms. The molecule has 1 saturated carbocycles. The minimum atomic E-state index is -0.118. The quantitative estimate of drug-likeness (QED) is 0.573. The Labute approximate surface area is 114 Å². The van der Waals surface area contributed by atoms with Gasteiger partial charge in [-0.15, -0.1) is 0 Å². The van der Waals surface area contributed by atoms with E-state index in [0.29, 0.717) is 17.8 Å². The van der Waals surface area contributed by atoms with Crippen LogP contribution in [0.15, 0.2) is 18.5 Å². The topological polar surface area (TPSA) is 80.0 Å². The molecule has 1 fully saturated rings. The lowest BCUT2D eigenvalue weighted by atomic mass is 9.76. The van der Waals surface area contributed by atoms with Crippen LogP contribution in [0.5, 0.6) is 0 Å². The Morgan fingerprint density at radius 1 is 1.42 bits per heavy atom. The zero-order chi connectivity index (χ0) is 13.7. The van der Waals surface area contributed by atoms with Crippen molar-refractivity contribution in [3.63, 3.8) is 0 Å². The summed E-state index contributed by atoms with van der Waals surface area (Å²) in [6.07, 6.45) is 9.34. The first-order chi connectivity index (χ1) is 9.14. The summed E-state index contributed by atoms with van der Waals surface area (Å²) in [6, 6.07) is 1.69. The van der Waals surface area contributed by atoms with Crippen LogP contribution in [0.25, 0.3) is 0 Å². The van der Waals surface area contributed by atoms with Gasteiger partial charge in [0.15, 0.2) is 0 Å². The number of nitrogen functional groups attached to an aromatic ring is 1. The number of nitrogens with zero attached hydrogens (tertiary/aromatic N) is 1. The van der Waals surface area contributed by atoms with Crippen molar-refractivity contribution in [1.82, 2.24) is 10.3 Å². The first-order valence-electron chi connectivity index (χ1n) is 6.83. The zero-order valence-electron chi connectivity index (χ0n) is 11.4. The van der Waals surface area contributed by atoms with Gasteiger partial charge in [0.1, 0.15) is 0 Å². The van der Waals surface area contributed by atoms with Crippen LogP contribution in [0.3, 0.4) is 0 Å². The SMILES string of the molecule is CC1(CNC(=O)c2cnccc2NN)CCCCC1. The van der Waals surface area contributed by atoms with Crippen molar-refractivity contribution in [2.75, 3.05) is 12.0 Å². The molecule has 1 aromatic rings. The minimum Gasteiger partial charge on any atom is -0.351 e. The van der Waals surface area contributed by atoms with E-state index in [2.05, 4.69) is 22.7 Å². The van der Waals surface area contributed by atoms with E-state index in [-0.39, 0.29) is 11.3 Å². The smallest absolute Gasteiger partial charge is 0.255 e. The maximum atomic E-state index is 12.2. The Morgan fingerprint density at radius 3 is 2.84 bits per heavy atom. The second kappa shape index (κ2) is 6.02. The van der Waals surface area contributed by atoms with Gasteiger partial charge in [-0.25, -0.2) is 0 Å². The average Bonchev–Trinajstić information content (AvgIpc) is 2.45. The van der Waals surface area contributed by atoms with E-state index in [1.165, 1.54) is 38.3 Å². The van der Waals surface area contributed by atoms with Crippen LogP contribution in [-0.4, -0.2) is 17.4 Å². The fourth-order valence-corrected chi connectivity index (χ4v) is 2.67. The van der Waals surface area contributed by atoms with Crippen LogP contribution in [0, 0.1) is 5.41 Å². The van der Waals surface area contributed by atoms with Crippen molar-refractivity contribution in [2.45, 2.75) is 39.0 Å². The van der Waals surface area contributed by atoms with E-state index in [1.54, 1.807) is 12.3 Å². The molecule has 2 rings (SSSR count). The van der Waals surface area contributed by atoms with Gasteiger partial charge in [0.05, 0.1) is 11.3 Å². The third-order valence-corrected chi connectivity index (χ3v) is 3.96. The molecule has 1 heterocycles. The number of nitrogens with two attached hydrogens (primary N) is 1. The van der Waals surface area contributed by atoms with E-state index in [0.717, 1.165) is 0 Å². The molecule has 0 unspecified atom stereocenters. The molecule has 1 aromatic heterocycles. The lowest BCUT2D eigenvalue weighted by Crippen LogP contribution is -2.37. The number of hydrazine groups is 1. The summed E-state index contributed by atoms with van der Waals surface area (Å²) in [4.78, 5) is 16.1. The van der Waals surface area contributed by atoms with Crippen molar-refractivity contribution in [2.24, 2.45) is 11.3 Å². The normalized spacial score (nSPS) is 17.8. The number of carbonyl (C=O) groups is 1. The summed E-state index contributed by atoms with van der Waals surface area (Å²) < 4.78 is 0. The van der Waals surface area contributed by atoms with E-state index < -0.39 is 0 Å². The monoisotopic (exact) mass is 262 g/mol. The van der Waals surface area contributed by atoms with Gasteiger partial charge in [0, 0.05) is 18.9 Å². The molecule has 1 aliphatic rings. The van der Waals surface area contributed by atoms with Gasteiger partial charge < -0.3 is 10.7 Å². The van der Waals surface area contributed by atoms with Crippen molar-refractivity contribution >= 4 is 11.6 Å². The molecule has 4 N–H and O–H groups in total. The highest BCUT2D eigenvalue weighted by Crippen LogP contribution is 2.35. The van der Waals surface area contributed by atoms with Gasteiger partial charge in [-0.3, -0.25) is 15.6 Å². The first kappa shape index (κ1) is 13.8. The maximum Gasteiger partial charge on any atom is 0.255 e. The molecule has 0 saturated heterocycles. The number of rotatable bonds is 4. The molecular weight excluding hydrogens is 240 g/mol. The average molecular weight is 262 g/mol. The van der Waals surface area contributed by atoms with Crippen LogP contribution in [-0.2, 0) is 0 Å². The molecule has 1 aliphatic carbocycles. The van der Waals surface area contributed by atoms with Crippen LogP contribution < -0.4 is 16.6 Å². The fourth-order valence-electron chi connectivity index (χ4n) is 2.67. The standard InChI is InChI=1S/C14H22N4O/c1-14(6-3-2-4-7-14)10-17-13(19)11-9-16-8-5-12(11)18-15/h5,8-9H,2-4,6-7,10,15H2,1H3,(H,16,18)(H,17,19). The number of aromatic nitrogens is 1. The molecule has 104 valence electrons. The number of carbonyl (C=O) groups excluding carboxylic acids is 1. The lowest BCUT2D eigenvalue weighted by Gasteiger charge is -2.33. The predicted octanol–water partition coefficient (Wildman–Crippen LogP) is 2.07. The van der Waals surface area contributed by atoms with E-state index in [4.69, 9.17) is 5.84 Å². The third-order valence-electron chi connectivity index (χ3n) is 3.96. The Hall–Kier alpha value is -1.62. The maximum absolute atomic E-state index is 12.2. The molecule has 0 aliphatic heterocycles. The number of nitrogens with one attached hydrogen (secondary N) is 2. The van der Waals surface area contributed by atoms with Crippen molar-refractivity contribution in [1.29, 1.82) is 0 Å². The summed E-state index contributed by atoms with van der Waals surface area (Å²) in [7, 11) is 0. The highest BCUT2D eigenvalue weighted by atomic mass is 16.1. The van der Waals surface area contributed by atoms with E-state index in [9.17, 15) is 4.79 Å². The molecular formula is C14H22N4O. The van der Waals surface area contributed by atoms with Crippen LogP contribution in [0.1, 0.15) is 49.4 Å². The summed E-state index contributed by atoms with van der Waals surface area (Å²) >= 11 is 0. The predicted molar refractivity (Wildman–Crippen MR) is 75.6 cm³/mol. The molecule has 0 aromatic carbocycles. The van der Waals surface area contributed by atoms with Crippen LogP contribution in [0.4, 0.5) is 5.69 Å². The second-order valence-corrected chi connectivity index (χ2v) is 5.62. The molecule has 0 atom stereocenters.